The van der Waals surface area contributed by atoms with E-state index in [0.717, 1.165) is 23.4 Å². The first kappa shape index (κ1) is 16.4. The Balaban J connectivity index is 1.68. The summed E-state index contributed by atoms with van der Waals surface area (Å²) in [5.41, 5.74) is 12.2. The first-order chi connectivity index (χ1) is 11.7. The van der Waals surface area contributed by atoms with Gasteiger partial charge in [0.15, 0.2) is 5.96 Å². The van der Waals surface area contributed by atoms with Gasteiger partial charge in [-0.15, -0.1) is 0 Å². The number of hydrogen-bond donors (Lipinski definition) is 2. The van der Waals surface area contributed by atoms with Crippen LogP contribution < -0.4 is 15.8 Å². The molecule has 4 heteroatoms. The van der Waals surface area contributed by atoms with Crippen LogP contribution in [-0.2, 0) is 19.4 Å². The quantitative estimate of drug-likeness (QED) is 0.650. The van der Waals surface area contributed by atoms with Crippen molar-refractivity contribution in [3.05, 3.63) is 58.7 Å². The zero-order chi connectivity index (χ0) is 16.9. The van der Waals surface area contributed by atoms with Crippen LogP contribution in [0.25, 0.3) is 0 Å². The van der Waals surface area contributed by atoms with Gasteiger partial charge in [0, 0.05) is 11.3 Å². The van der Waals surface area contributed by atoms with E-state index in [1.54, 1.807) is 0 Å². The number of fused-ring (bicyclic) bond motifs is 1. The van der Waals surface area contributed by atoms with E-state index in [4.69, 9.17) is 10.5 Å². The normalized spacial score (nSPS) is 13.7. The third-order valence-corrected chi connectivity index (χ3v) is 4.31. The molecule has 0 amide bonds. The minimum Gasteiger partial charge on any atom is -0.494 e. The van der Waals surface area contributed by atoms with E-state index in [0.29, 0.717) is 19.1 Å². The van der Waals surface area contributed by atoms with E-state index < -0.39 is 0 Å². The summed E-state index contributed by atoms with van der Waals surface area (Å²) in [7, 11) is 0. The molecular weight excluding hydrogens is 298 g/mol. The Morgan fingerprint density at radius 3 is 2.83 bits per heavy atom. The van der Waals surface area contributed by atoms with Gasteiger partial charge >= 0.3 is 0 Å². The Morgan fingerprint density at radius 1 is 1.17 bits per heavy atom. The highest BCUT2D eigenvalue weighted by atomic mass is 16.5. The molecule has 4 nitrogen and oxygen atoms in total. The average molecular weight is 323 g/mol. The molecule has 0 atom stereocenters. The summed E-state index contributed by atoms with van der Waals surface area (Å²) >= 11 is 0. The molecule has 3 rings (SSSR count). The van der Waals surface area contributed by atoms with Crippen molar-refractivity contribution in [2.45, 2.75) is 39.7 Å². The van der Waals surface area contributed by atoms with Crippen molar-refractivity contribution in [3.63, 3.8) is 0 Å². The van der Waals surface area contributed by atoms with Crippen molar-refractivity contribution < 1.29 is 4.74 Å². The number of nitrogens with zero attached hydrogens (tertiary/aromatic N) is 1. The van der Waals surface area contributed by atoms with Crippen LogP contribution in [-0.4, -0.2) is 12.6 Å². The highest BCUT2D eigenvalue weighted by molar-refractivity contribution is 5.92. The Hall–Kier alpha value is -2.49. The van der Waals surface area contributed by atoms with Crippen molar-refractivity contribution in [1.82, 2.24) is 0 Å². The molecule has 0 heterocycles. The molecule has 0 fully saturated rings. The second-order valence-corrected chi connectivity index (χ2v) is 6.21. The minimum absolute atomic E-state index is 0.427. The number of nitrogens with two attached hydrogens (primary N) is 1. The van der Waals surface area contributed by atoms with Gasteiger partial charge in [-0.25, -0.2) is 4.99 Å². The molecule has 1 aliphatic carbocycles. The summed E-state index contributed by atoms with van der Waals surface area (Å²) in [6, 6.07) is 12.6. The first-order valence-corrected chi connectivity index (χ1v) is 8.57. The number of guanidine groups is 1. The molecule has 0 aliphatic heterocycles. The smallest absolute Gasteiger partial charge is 0.193 e. The SMILES string of the molecule is CCOc1cc(C)ccc1CN=C(N)Nc1ccc2c(c1)CCC2. The molecular formula is C20H25N3O. The molecule has 1 aliphatic rings. The van der Waals surface area contributed by atoms with Gasteiger partial charge in [-0.2, -0.15) is 0 Å². The van der Waals surface area contributed by atoms with Crippen LogP contribution in [0.1, 0.15) is 35.6 Å². The molecule has 2 aromatic rings. The lowest BCUT2D eigenvalue weighted by Crippen LogP contribution is -2.22. The summed E-state index contributed by atoms with van der Waals surface area (Å²) in [6.07, 6.45) is 3.59. The van der Waals surface area contributed by atoms with Gasteiger partial charge in [0.1, 0.15) is 5.75 Å². The highest BCUT2D eigenvalue weighted by Crippen LogP contribution is 2.25. The molecule has 0 saturated carbocycles. The van der Waals surface area contributed by atoms with Crippen LogP contribution in [0, 0.1) is 6.92 Å². The number of nitrogens with one attached hydrogen (secondary N) is 1. The Labute approximate surface area is 143 Å². The van der Waals surface area contributed by atoms with E-state index in [2.05, 4.69) is 41.5 Å². The van der Waals surface area contributed by atoms with Crippen LogP contribution in [0.4, 0.5) is 5.69 Å². The molecule has 126 valence electrons. The van der Waals surface area contributed by atoms with Gasteiger partial charge in [0.05, 0.1) is 13.2 Å². The molecule has 0 bridgehead atoms. The minimum atomic E-state index is 0.427. The maximum atomic E-state index is 6.05. The standard InChI is InChI=1S/C20H25N3O/c1-3-24-19-11-14(2)7-8-17(19)13-22-20(21)23-18-10-9-15-5-4-6-16(15)12-18/h7-12H,3-6,13H2,1-2H3,(H3,21,22,23). The van der Waals surface area contributed by atoms with Gasteiger partial charge < -0.3 is 15.8 Å². The lowest BCUT2D eigenvalue weighted by atomic mass is 10.1. The van der Waals surface area contributed by atoms with Crippen molar-refractivity contribution in [1.29, 1.82) is 0 Å². The van der Waals surface area contributed by atoms with Crippen molar-refractivity contribution >= 4 is 11.6 Å². The number of anilines is 1. The number of aliphatic imine (C=N–C) groups is 1. The predicted molar refractivity (Wildman–Crippen MR) is 99.8 cm³/mol. The van der Waals surface area contributed by atoms with Crippen molar-refractivity contribution in [3.8, 4) is 5.75 Å². The summed E-state index contributed by atoms with van der Waals surface area (Å²) < 4.78 is 5.69. The number of benzene rings is 2. The fourth-order valence-corrected chi connectivity index (χ4v) is 3.09. The Morgan fingerprint density at radius 2 is 2.00 bits per heavy atom. The van der Waals surface area contributed by atoms with E-state index in [9.17, 15) is 0 Å². The topological polar surface area (TPSA) is 59.6 Å². The monoisotopic (exact) mass is 323 g/mol. The number of ether oxygens (including phenoxy) is 1. The fourth-order valence-electron chi connectivity index (χ4n) is 3.09. The number of aryl methyl sites for hydroxylation is 3. The molecule has 2 aromatic carbocycles. The van der Waals surface area contributed by atoms with Gasteiger partial charge in [-0.3, -0.25) is 0 Å². The Bertz CT molecular complexity index is 753. The van der Waals surface area contributed by atoms with Gasteiger partial charge in [0.2, 0.25) is 0 Å². The molecule has 0 radical (unpaired) electrons. The molecule has 0 aromatic heterocycles. The van der Waals surface area contributed by atoms with Crippen LogP contribution in [0.3, 0.4) is 0 Å². The summed E-state index contributed by atoms with van der Waals surface area (Å²) in [6.45, 7) is 5.18. The summed E-state index contributed by atoms with van der Waals surface area (Å²) in [5.74, 6) is 1.31. The molecule has 0 spiro atoms. The lowest BCUT2D eigenvalue weighted by Gasteiger charge is -2.11. The van der Waals surface area contributed by atoms with E-state index >= 15 is 0 Å². The Kier molecular flexibility index (Phi) is 5.04. The van der Waals surface area contributed by atoms with Crippen LogP contribution in [0.15, 0.2) is 41.4 Å². The molecule has 3 N–H and O–H groups in total. The van der Waals surface area contributed by atoms with E-state index in [1.807, 2.05) is 19.1 Å². The first-order valence-electron chi connectivity index (χ1n) is 8.57. The summed E-state index contributed by atoms with van der Waals surface area (Å²) in [5, 5.41) is 3.19. The fraction of sp³-hybridized carbons (Fsp3) is 0.350. The van der Waals surface area contributed by atoms with Crippen molar-refractivity contribution in [2.75, 3.05) is 11.9 Å². The van der Waals surface area contributed by atoms with E-state index in [1.165, 1.54) is 29.5 Å². The largest absolute Gasteiger partial charge is 0.494 e. The van der Waals surface area contributed by atoms with Gasteiger partial charge in [-0.05, 0) is 68.0 Å². The van der Waals surface area contributed by atoms with E-state index in [-0.39, 0.29) is 0 Å². The molecule has 0 unspecified atom stereocenters. The maximum Gasteiger partial charge on any atom is 0.193 e. The van der Waals surface area contributed by atoms with Crippen LogP contribution in [0.2, 0.25) is 0 Å². The second-order valence-electron chi connectivity index (χ2n) is 6.21. The lowest BCUT2D eigenvalue weighted by molar-refractivity contribution is 0.336. The predicted octanol–water partition coefficient (Wildman–Crippen LogP) is 3.81. The van der Waals surface area contributed by atoms with Crippen LogP contribution in [0.5, 0.6) is 5.75 Å². The number of rotatable bonds is 5. The highest BCUT2D eigenvalue weighted by Gasteiger charge is 2.11. The molecule has 24 heavy (non-hydrogen) atoms. The van der Waals surface area contributed by atoms with Crippen molar-refractivity contribution in [2.24, 2.45) is 10.7 Å². The van der Waals surface area contributed by atoms with Crippen LogP contribution >= 0.6 is 0 Å². The maximum absolute atomic E-state index is 6.05. The van der Waals surface area contributed by atoms with Gasteiger partial charge in [-0.1, -0.05) is 18.2 Å². The number of hydrogen-bond acceptors (Lipinski definition) is 2. The average Bonchev–Trinajstić information content (AvgIpc) is 3.02. The zero-order valence-electron chi connectivity index (χ0n) is 14.4. The summed E-state index contributed by atoms with van der Waals surface area (Å²) in [4.78, 5) is 4.46. The third kappa shape index (κ3) is 3.88. The second kappa shape index (κ2) is 7.39. The third-order valence-electron chi connectivity index (χ3n) is 4.31. The van der Waals surface area contributed by atoms with Gasteiger partial charge in [0.25, 0.3) is 0 Å². The zero-order valence-corrected chi connectivity index (χ0v) is 14.4. The molecule has 0 saturated heterocycles.